The average molecular weight is 267 g/mol. The molecule has 0 saturated heterocycles. The largest absolute Gasteiger partial charge is 0.455 e. The number of halogens is 2. The second-order valence-corrected chi connectivity index (χ2v) is 4.35. The van der Waals surface area contributed by atoms with Crippen molar-refractivity contribution in [3.8, 4) is 11.5 Å². The maximum Gasteiger partial charge on any atom is 0.148 e. The van der Waals surface area contributed by atoms with Crippen LogP contribution in [0.2, 0.25) is 5.02 Å². The monoisotopic (exact) mass is 266 g/mol. The summed E-state index contributed by atoms with van der Waals surface area (Å²) in [4.78, 5) is 0. The molecule has 0 aliphatic rings. The van der Waals surface area contributed by atoms with Gasteiger partial charge >= 0.3 is 0 Å². The molecule has 2 aromatic carbocycles. The minimum Gasteiger partial charge on any atom is -0.455 e. The Bertz CT molecular complexity index is 570. The van der Waals surface area contributed by atoms with Crippen LogP contribution in [0.1, 0.15) is 11.1 Å². The summed E-state index contributed by atoms with van der Waals surface area (Å²) in [6, 6.07) is 9.28. The van der Waals surface area contributed by atoms with Crippen LogP contribution in [0, 0.1) is 12.7 Å². The zero-order valence-corrected chi connectivity index (χ0v) is 10.5. The van der Waals surface area contributed by atoms with Crippen LogP contribution >= 0.6 is 11.6 Å². The third-order valence-electron chi connectivity index (χ3n) is 2.50. The first-order chi connectivity index (χ1) is 8.60. The lowest BCUT2D eigenvalue weighted by Gasteiger charge is -2.11. The second-order valence-electron chi connectivity index (χ2n) is 3.95. The molecule has 4 heteroatoms. The highest BCUT2D eigenvalue weighted by atomic mass is 35.5. The summed E-state index contributed by atoms with van der Waals surface area (Å²) in [5, 5.41) is 9.58. The predicted octanol–water partition coefficient (Wildman–Crippen LogP) is 4.07. The highest BCUT2D eigenvalue weighted by Gasteiger charge is 2.08. The van der Waals surface area contributed by atoms with E-state index in [1.165, 1.54) is 18.2 Å². The summed E-state index contributed by atoms with van der Waals surface area (Å²) in [5.74, 6) is 0.276. The Labute approximate surface area is 110 Å². The lowest BCUT2D eigenvalue weighted by Crippen LogP contribution is -1.93. The molecule has 2 rings (SSSR count). The fourth-order valence-electron chi connectivity index (χ4n) is 1.61. The number of aliphatic hydroxyl groups is 1. The molecule has 0 aromatic heterocycles. The van der Waals surface area contributed by atoms with Gasteiger partial charge in [0.15, 0.2) is 0 Å². The van der Waals surface area contributed by atoms with Crippen molar-refractivity contribution in [2.45, 2.75) is 13.5 Å². The standard InChI is InChI=1S/C14H12ClFO2/c1-9-2-5-13(10(6-9)8-17)18-14-7-11(16)3-4-12(14)15/h2-7,17H,8H2,1H3. The van der Waals surface area contributed by atoms with Crippen molar-refractivity contribution >= 4 is 11.6 Å². The Kier molecular flexibility index (Phi) is 3.84. The first-order valence-electron chi connectivity index (χ1n) is 5.43. The summed E-state index contributed by atoms with van der Waals surface area (Å²) in [6.07, 6.45) is 0. The Balaban J connectivity index is 2.36. The topological polar surface area (TPSA) is 29.5 Å². The molecule has 0 amide bonds. The van der Waals surface area contributed by atoms with Gasteiger partial charge in [-0.2, -0.15) is 0 Å². The third kappa shape index (κ3) is 2.81. The SMILES string of the molecule is Cc1ccc(Oc2cc(F)ccc2Cl)c(CO)c1. The van der Waals surface area contributed by atoms with Crippen molar-refractivity contribution in [1.29, 1.82) is 0 Å². The van der Waals surface area contributed by atoms with Crippen LogP contribution in [0.25, 0.3) is 0 Å². The van der Waals surface area contributed by atoms with Gasteiger partial charge in [-0.05, 0) is 25.1 Å². The maximum absolute atomic E-state index is 13.1. The van der Waals surface area contributed by atoms with E-state index in [2.05, 4.69) is 0 Å². The van der Waals surface area contributed by atoms with Crippen molar-refractivity contribution in [1.82, 2.24) is 0 Å². The second kappa shape index (κ2) is 5.38. The third-order valence-corrected chi connectivity index (χ3v) is 2.81. The molecule has 0 aliphatic heterocycles. The van der Waals surface area contributed by atoms with E-state index in [4.69, 9.17) is 16.3 Å². The minimum atomic E-state index is -0.424. The predicted molar refractivity (Wildman–Crippen MR) is 68.6 cm³/mol. The quantitative estimate of drug-likeness (QED) is 0.907. The van der Waals surface area contributed by atoms with Gasteiger partial charge in [0.25, 0.3) is 0 Å². The van der Waals surface area contributed by atoms with Gasteiger partial charge in [0, 0.05) is 11.6 Å². The molecule has 0 atom stereocenters. The fourth-order valence-corrected chi connectivity index (χ4v) is 1.76. The normalized spacial score (nSPS) is 10.4. The van der Waals surface area contributed by atoms with Crippen LogP contribution in [0.15, 0.2) is 36.4 Å². The lowest BCUT2D eigenvalue weighted by molar-refractivity contribution is 0.276. The summed E-state index contributed by atoms with van der Waals surface area (Å²) < 4.78 is 18.6. The molecule has 0 saturated carbocycles. The van der Waals surface area contributed by atoms with E-state index < -0.39 is 5.82 Å². The van der Waals surface area contributed by atoms with E-state index in [1.807, 2.05) is 19.1 Å². The van der Waals surface area contributed by atoms with Crippen LogP contribution in [-0.2, 0) is 6.61 Å². The summed E-state index contributed by atoms with van der Waals surface area (Å²) >= 11 is 5.92. The van der Waals surface area contributed by atoms with Crippen molar-refractivity contribution in [2.24, 2.45) is 0 Å². The van der Waals surface area contributed by atoms with Gasteiger partial charge in [0.1, 0.15) is 17.3 Å². The zero-order valence-electron chi connectivity index (χ0n) is 9.78. The number of benzene rings is 2. The lowest BCUT2D eigenvalue weighted by atomic mass is 10.1. The number of hydrogen-bond acceptors (Lipinski definition) is 2. The van der Waals surface area contributed by atoms with Gasteiger partial charge < -0.3 is 9.84 Å². The van der Waals surface area contributed by atoms with Crippen LogP contribution in [0.4, 0.5) is 4.39 Å². The van der Waals surface area contributed by atoms with E-state index in [0.717, 1.165) is 5.56 Å². The van der Waals surface area contributed by atoms with Crippen LogP contribution in [0.5, 0.6) is 11.5 Å². The van der Waals surface area contributed by atoms with E-state index in [1.54, 1.807) is 6.07 Å². The number of rotatable bonds is 3. The molecule has 0 fully saturated rings. The molecular formula is C14H12ClFO2. The molecule has 0 heterocycles. The Hall–Kier alpha value is -1.58. The fraction of sp³-hybridized carbons (Fsp3) is 0.143. The molecule has 0 unspecified atom stereocenters. The number of aryl methyl sites for hydroxylation is 1. The van der Waals surface area contributed by atoms with Crippen molar-refractivity contribution in [2.75, 3.05) is 0 Å². The van der Waals surface area contributed by atoms with Crippen molar-refractivity contribution in [3.63, 3.8) is 0 Å². The van der Waals surface area contributed by atoms with Gasteiger partial charge in [-0.1, -0.05) is 29.3 Å². The highest BCUT2D eigenvalue weighted by molar-refractivity contribution is 6.32. The van der Waals surface area contributed by atoms with Gasteiger partial charge in [-0.3, -0.25) is 0 Å². The number of ether oxygens (including phenoxy) is 1. The highest BCUT2D eigenvalue weighted by Crippen LogP contribution is 2.32. The summed E-state index contributed by atoms with van der Waals surface area (Å²) in [5.41, 5.74) is 1.65. The molecular weight excluding hydrogens is 255 g/mol. The Morgan fingerprint density at radius 2 is 1.94 bits per heavy atom. The Morgan fingerprint density at radius 1 is 1.17 bits per heavy atom. The van der Waals surface area contributed by atoms with Crippen molar-refractivity contribution < 1.29 is 14.2 Å². The molecule has 18 heavy (non-hydrogen) atoms. The van der Waals surface area contributed by atoms with Gasteiger partial charge in [-0.25, -0.2) is 4.39 Å². The molecule has 2 nitrogen and oxygen atoms in total. The van der Waals surface area contributed by atoms with E-state index in [0.29, 0.717) is 16.3 Å². The number of aliphatic hydroxyl groups excluding tert-OH is 1. The van der Waals surface area contributed by atoms with E-state index in [9.17, 15) is 9.50 Å². The van der Waals surface area contributed by atoms with E-state index >= 15 is 0 Å². The molecule has 0 spiro atoms. The molecule has 1 N–H and O–H groups in total. The first kappa shape index (κ1) is 12.9. The number of hydrogen-bond donors (Lipinski definition) is 1. The van der Waals surface area contributed by atoms with Gasteiger partial charge in [0.2, 0.25) is 0 Å². The zero-order chi connectivity index (χ0) is 13.1. The van der Waals surface area contributed by atoms with Crippen LogP contribution in [0.3, 0.4) is 0 Å². The van der Waals surface area contributed by atoms with Crippen LogP contribution in [-0.4, -0.2) is 5.11 Å². The summed E-state index contributed by atoms with van der Waals surface area (Å²) in [6.45, 7) is 1.77. The molecule has 0 radical (unpaired) electrons. The first-order valence-corrected chi connectivity index (χ1v) is 5.81. The van der Waals surface area contributed by atoms with Crippen molar-refractivity contribution in [3.05, 3.63) is 58.4 Å². The maximum atomic E-state index is 13.1. The average Bonchev–Trinajstić information content (AvgIpc) is 2.36. The van der Waals surface area contributed by atoms with E-state index in [-0.39, 0.29) is 12.4 Å². The van der Waals surface area contributed by atoms with Gasteiger partial charge in [0.05, 0.1) is 11.6 Å². The molecule has 0 aliphatic carbocycles. The molecule has 94 valence electrons. The minimum absolute atomic E-state index is 0.149. The molecule has 2 aromatic rings. The van der Waals surface area contributed by atoms with Crippen LogP contribution < -0.4 is 4.74 Å². The van der Waals surface area contributed by atoms with Gasteiger partial charge in [-0.15, -0.1) is 0 Å². The Morgan fingerprint density at radius 3 is 2.67 bits per heavy atom. The smallest absolute Gasteiger partial charge is 0.148 e. The molecule has 0 bridgehead atoms. The summed E-state index contributed by atoms with van der Waals surface area (Å²) in [7, 11) is 0.